The van der Waals surface area contributed by atoms with Crippen LogP contribution in [-0.4, -0.2) is 17.1 Å². The maximum atomic E-state index is 14.0. The third-order valence-electron chi connectivity index (χ3n) is 4.04. The van der Waals surface area contributed by atoms with Crippen molar-refractivity contribution >= 4 is 27.5 Å². The third-order valence-corrected chi connectivity index (χ3v) is 5.22. The van der Waals surface area contributed by atoms with E-state index in [0.29, 0.717) is 15.8 Å². The molecule has 1 aromatic heterocycles. The first kappa shape index (κ1) is 15.1. The Morgan fingerprint density at radius 3 is 2.54 bits per heavy atom. The molecule has 24 heavy (non-hydrogen) atoms. The summed E-state index contributed by atoms with van der Waals surface area (Å²) < 4.78 is 47.5. The number of hydrogen-bond donors (Lipinski definition) is 0. The molecule has 2 heterocycles. The van der Waals surface area contributed by atoms with Crippen LogP contribution in [0.25, 0.3) is 10.2 Å². The molecule has 122 valence electrons. The molecule has 0 aliphatic carbocycles. The zero-order chi connectivity index (χ0) is 16.9. The molecule has 3 nitrogen and oxygen atoms in total. The highest BCUT2D eigenvalue weighted by Crippen LogP contribution is 2.49. The van der Waals surface area contributed by atoms with Gasteiger partial charge < -0.3 is 4.74 Å². The fraction of sp³-hybridized carbons (Fsp3) is 0.176. The van der Waals surface area contributed by atoms with Crippen molar-refractivity contribution in [3.05, 3.63) is 64.7 Å². The van der Waals surface area contributed by atoms with E-state index < -0.39 is 24.2 Å². The van der Waals surface area contributed by atoms with Crippen molar-refractivity contribution in [2.24, 2.45) is 0 Å². The molecule has 0 spiro atoms. The maximum Gasteiger partial charge on any atom is 0.435 e. The first-order valence-corrected chi connectivity index (χ1v) is 7.96. The van der Waals surface area contributed by atoms with E-state index in [4.69, 9.17) is 4.74 Å². The lowest BCUT2D eigenvalue weighted by molar-refractivity contribution is -0.267. The van der Waals surface area contributed by atoms with Gasteiger partial charge in [-0.2, -0.15) is 13.2 Å². The van der Waals surface area contributed by atoms with E-state index in [1.165, 1.54) is 12.1 Å². The fourth-order valence-corrected chi connectivity index (χ4v) is 3.95. The number of hydrogen-bond acceptors (Lipinski definition) is 4. The summed E-state index contributed by atoms with van der Waals surface area (Å²) in [6, 6.07) is 13.0. The second-order valence-corrected chi connectivity index (χ2v) is 6.57. The normalized spacial score (nSPS) is 20.7. The van der Waals surface area contributed by atoms with Crippen molar-refractivity contribution in [2.45, 2.75) is 18.2 Å². The van der Waals surface area contributed by atoms with Crippen LogP contribution in [0.15, 0.2) is 48.5 Å². The number of aromatic nitrogens is 1. The Morgan fingerprint density at radius 1 is 1.08 bits per heavy atom. The number of carbonyl (C=O) groups excluding carboxylic acids is 1. The average molecular weight is 349 g/mol. The van der Waals surface area contributed by atoms with Crippen molar-refractivity contribution < 1.29 is 22.7 Å². The van der Waals surface area contributed by atoms with Crippen LogP contribution in [0.3, 0.4) is 0 Å². The van der Waals surface area contributed by atoms with Crippen LogP contribution in [-0.2, 0) is 16.8 Å². The first-order chi connectivity index (χ1) is 11.4. The summed E-state index contributed by atoms with van der Waals surface area (Å²) in [4.78, 5) is 16.3. The van der Waals surface area contributed by atoms with Gasteiger partial charge in [0.15, 0.2) is 0 Å². The molecule has 2 aromatic carbocycles. The van der Waals surface area contributed by atoms with Crippen LogP contribution in [0.4, 0.5) is 13.2 Å². The number of alkyl halides is 3. The second-order valence-electron chi connectivity index (χ2n) is 5.53. The summed E-state index contributed by atoms with van der Waals surface area (Å²) in [5, 5.41) is -0.251. The van der Waals surface area contributed by atoms with Gasteiger partial charge in [0.05, 0.1) is 15.8 Å². The Morgan fingerprint density at radius 2 is 1.79 bits per heavy atom. The predicted molar refractivity (Wildman–Crippen MR) is 82.9 cm³/mol. The number of nitrogens with zero attached hydrogens (tertiary/aromatic N) is 1. The van der Waals surface area contributed by atoms with E-state index in [9.17, 15) is 18.0 Å². The minimum atomic E-state index is -4.77. The molecule has 0 fully saturated rings. The van der Waals surface area contributed by atoms with Crippen LogP contribution >= 0.6 is 11.3 Å². The van der Waals surface area contributed by atoms with Crippen LogP contribution in [0.1, 0.15) is 20.9 Å². The number of esters is 1. The molecular weight excluding hydrogens is 339 g/mol. The lowest BCUT2D eigenvalue weighted by atomic mass is 9.88. The van der Waals surface area contributed by atoms with Gasteiger partial charge in [-0.05, 0) is 23.8 Å². The van der Waals surface area contributed by atoms with Crippen LogP contribution in [0.5, 0.6) is 0 Å². The largest absolute Gasteiger partial charge is 0.438 e. The molecule has 4 rings (SSSR count). The number of para-hydroxylation sites is 1. The molecule has 0 saturated heterocycles. The van der Waals surface area contributed by atoms with Gasteiger partial charge in [-0.1, -0.05) is 30.3 Å². The number of ether oxygens (including phenoxy) is 1. The Labute approximate surface area is 138 Å². The zero-order valence-corrected chi connectivity index (χ0v) is 12.9. The molecular formula is C17H10F3NO2S. The van der Waals surface area contributed by atoms with Gasteiger partial charge in [0.2, 0.25) is 0 Å². The Hall–Kier alpha value is -2.41. The summed E-state index contributed by atoms with van der Waals surface area (Å²) in [5.74, 6) is -0.978. The van der Waals surface area contributed by atoms with Crippen molar-refractivity contribution in [3.63, 3.8) is 0 Å². The van der Waals surface area contributed by atoms with E-state index in [1.807, 2.05) is 0 Å². The van der Waals surface area contributed by atoms with E-state index in [2.05, 4.69) is 4.98 Å². The maximum absolute atomic E-state index is 14.0. The summed E-state index contributed by atoms with van der Waals surface area (Å²) in [6.07, 6.45) is -5.25. The summed E-state index contributed by atoms with van der Waals surface area (Å²) >= 11 is 0.898. The van der Waals surface area contributed by atoms with E-state index in [0.717, 1.165) is 11.3 Å². The molecule has 0 N–H and O–H groups in total. The molecule has 1 atom stereocenters. The molecule has 0 radical (unpaired) electrons. The number of halogens is 3. The van der Waals surface area contributed by atoms with Gasteiger partial charge in [0.25, 0.3) is 5.60 Å². The van der Waals surface area contributed by atoms with Gasteiger partial charge in [-0.25, -0.2) is 9.78 Å². The number of rotatable bonds is 1. The van der Waals surface area contributed by atoms with Gasteiger partial charge in [0, 0.05) is 6.42 Å². The highest BCUT2D eigenvalue weighted by Gasteiger charge is 2.63. The molecule has 1 aliphatic heterocycles. The van der Waals surface area contributed by atoms with Crippen LogP contribution in [0.2, 0.25) is 0 Å². The average Bonchev–Trinajstić information content (AvgIpc) is 2.98. The predicted octanol–water partition coefficient (Wildman–Crippen LogP) is 4.47. The molecule has 3 aromatic rings. The number of thiazole rings is 1. The minimum Gasteiger partial charge on any atom is -0.438 e. The van der Waals surface area contributed by atoms with E-state index in [1.54, 1.807) is 36.4 Å². The lowest BCUT2D eigenvalue weighted by Crippen LogP contribution is -2.50. The molecule has 1 unspecified atom stereocenters. The molecule has 7 heteroatoms. The van der Waals surface area contributed by atoms with E-state index in [-0.39, 0.29) is 10.6 Å². The third kappa shape index (κ3) is 2.11. The SMILES string of the molecule is O=C1OC(c2nc3ccccc3s2)(C(F)(F)F)Cc2ccccc21. The van der Waals surface area contributed by atoms with Crippen molar-refractivity contribution in [3.8, 4) is 0 Å². The zero-order valence-electron chi connectivity index (χ0n) is 12.1. The smallest absolute Gasteiger partial charge is 0.435 e. The Kier molecular flexibility index (Phi) is 3.18. The minimum absolute atomic E-state index is 0.165. The quantitative estimate of drug-likeness (QED) is 0.609. The van der Waals surface area contributed by atoms with E-state index >= 15 is 0 Å². The van der Waals surface area contributed by atoms with Crippen LogP contribution in [0, 0.1) is 0 Å². The number of carbonyl (C=O) groups is 1. The summed E-state index contributed by atoms with van der Waals surface area (Å²) in [5.41, 5.74) is -1.82. The monoisotopic (exact) mass is 349 g/mol. The van der Waals surface area contributed by atoms with Gasteiger partial charge in [-0.3, -0.25) is 0 Å². The van der Waals surface area contributed by atoms with Gasteiger partial charge >= 0.3 is 12.1 Å². The van der Waals surface area contributed by atoms with Crippen molar-refractivity contribution in [1.82, 2.24) is 4.98 Å². The van der Waals surface area contributed by atoms with Gasteiger partial charge in [-0.15, -0.1) is 11.3 Å². The molecule has 0 bridgehead atoms. The summed E-state index contributed by atoms with van der Waals surface area (Å²) in [7, 11) is 0. The first-order valence-electron chi connectivity index (χ1n) is 7.15. The molecule has 0 amide bonds. The Bertz CT molecular complexity index is 917. The molecule has 0 saturated carbocycles. The fourth-order valence-electron chi connectivity index (χ4n) is 2.83. The highest BCUT2D eigenvalue weighted by molar-refractivity contribution is 7.18. The second kappa shape index (κ2) is 5.04. The standard InChI is InChI=1S/C17H10F3NO2S/c18-17(19,20)16(15-21-12-7-3-4-8-13(12)24-15)9-10-5-1-2-6-11(10)14(22)23-16/h1-8H,9H2. The topological polar surface area (TPSA) is 39.2 Å². The van der Waals surface area contributed by atoms with Crippen molar-refractivity contribution in [1.29, 1.82) is 0 Å². The number of benzene rings is 2. The van der Waals surface area contributed by atoms with Gasteiger partial charge in [0.1, 0.15) is 5.01 Å². The molecule has 1 aliphatic rings. The van der Waals surface area contributed by atoms with Crippen LogP contribution < -0.4 is 0 Å². The number of fused-ring (bicyclic) bond motifs is 2. The highest BCUT2D eigenvalue weighted by atomic mass is 32.1. The van der Waals surface area contributed by atoms with Crippen molar-refractivity contribution in [2.75, 3.05) is 0 Å². The summed E-state index contributed by atoms with van der Waals surface area (Å²) in [6.45, 7) is 0. The lowest BCUT2D eigenvalue weighted by Gasteiger charge is -2.37. The Balaban J connectivity index is 1.94. The number of cyclic esters (lactones) is 1.